The zero-order chi connectivity index (χ0) is 14.2. The third kappa shape index (κ3) is 2.51. The van der Waals surface area contributed by atoms with E-state index >= 15 is 0 Å². The summed E-state index contributed by atoms with van der Waals surface area (Å²) in [6, 6.07) is 0. The summed E-state index contributed by atoms with van der Waals surface area (Å²) in [6.07, 6.45) is 2.00. The predicted octanol–water partition coefficient (Wildman–Crippen LogP) is 1.22. The van der Waals surface area contributed by atoms with Crippen molar-refractivity contribution >= 4 is 23.5 Å². The molecule has 1 aromatic rings. The largest absolute Gasteiger partial charge is 0.367 e. The molecule has 2 rings (SSSR count). The average Bonchev–Trinajstić information content (AvgIpc) is 2.76. The van der Waals surface area contributed by atoms with E-state index in [0.717, 1.165) is 11.3 Å². The Labute approximate surface area is 115 Å². The van der Waals surface area contributed by atoms with E-state index < -0.39 is 11.6 Å². The van der Waals surface area contributed by atoms with Crippen LogP contribution < -0.4 is 10.6 Å². The van der Waals surface area contributed by atoms with Crippen molar-refractivity contribution in [2.75, 3.05) is 24.2 Å². The molecule has 0 bridgehead atoms. The summed E-state index contributed by atoms with van der Waals surface area (Å²) >= 11 is 1.44. The monoisotopic (exact) mass is 284 g/mol. The molecule has 1 atom stereocenters. The molecular weight excluding hydrogens is 267 g/mol. The summed E-state index contributed by atoms with van der Waals surface area (Å²) in [5.74, 6) is -0.207. The van der Waals surface area contributed by atoms with Crippen LogP contribution in [0.1, 0.15) is 17.7 Å². The standard InChI is InChI=1S/C12H17FN4OS/c1-7-8(2)15-11(19-3)16-9(7)17-5-4-12(13,6-17)10(14)18/h4-6H2,1-3H3,(H2,14,18). The maximum atomic E-state index is 14.2. The van der Waals surface area contributed by atoms with E-state index in [4.69, 9.17) is 5.73 Å². The Morgan fingerprint density at radius 3 is 2.68 bits per heavy atom. The number of aromatic nitrogens is 2. The first-order valence-electron chi connectivity index (χ1n) is 6.00. The molecule has 19 heavy (non-hydrogen) atoms. The number of carbonyl (C=O) groups is 1. The van der Waals surface area contributed by atoms with Crippen molar-refractivity contribution in [2.45, 2.75) is 31.1 Å². The van der Waals surface area contributed by atoms with Gasteiger partial charge in [-0.25, -0.2) is 14.4 Å². The van der Waals surface area contributed by atoms with Gasteiger partial charge in [0.1, 0.15) is 5.82 Å². The molecule has 1 unspecified atom stereocenters. The van der Waals surface area contributed by atoms with Crippen molar-refractivity contribution in [3.8, 4) is 0 Å². The third-order valence-corrected chi connectivity index (χ3v) is 4.03. The fourth-order valence-corrected chi connectivity index (χ4v) is 2.55. The number of amides is 1. The predicted molar refractivity (Wildman–Crippen MR) is 73.2 cm³/mol. The first kappa shape index (κ1) is 14.0. The van der Waals surface area contributed by atoms with Crippen molar-refractivity contribution in [3.05, 3.63) is 11.3 Å². The highest BCUT2D eigenvalue weighted by Crippen LogP contribution is 2.31. The number of anilines is 1. The van der Waals surface area contributed by atoms with Gasteiger partial charge in [-0.2, -0.15) is 0 Å². The maximum Gasteiger partial charge on any atom is 0.257 e. The van der Waals surface area contributed by atoms with Gasteiger partial charge in [-0.3, -0.25) is 4.79 Å². The van der Waals surface area contributed by atoms with Gasteiger partial charge < -0.3 is 10.6 Å². The summed E-state index contributed by atoms with van der Waals surface area (Å²) in [6.45, 7) is 4.20. The Bertz CT molecular complexity index is 525. The fourth-order valence-electron chi connectivity index (χ4n) is 2.14. The number of carbonyl (C=O) groups excluding carboxylic acids is 1. The zero-order valence-electron chi connectivity index (χ0n) is 11.2. The van der Waals surface area contributed by atoms with Gasteiger partial charge in [0, 0.05) is 24.2 Å². The molecule has 1 aliphatic rings. The van der Waals surface area contributed by atoms with Crippen LogP contribution in [0.3, 0.4) is 0 Å². The molecule has 0 spiro atoms. The van der Waals surface area contributed by atoms with Crippen LogP contribution in [-0.2, 0) is 4.79 Å². The second-order valence-corrected chi connectivity index (χ2v) is 5.52. The number of nitrogens with zero attached hydrogens (tertiary/aromatic N) is 3. The molecule has 1 amide bonds. The zero-order valence-corrected chi connectivity index (χ0v) is 12.1. The number of thioether (sulfide) groups is 1. The molecule has 0 aromatic carbocycles. The Balaban J connectivity index is 2.34. The Morgan fingerprint density at radius 1 is 1.47 bits per heavy atom. The molecule has 1 saturated heterocycles. The van der Waals surface area contributed by atoms with Gasteiger partial charge in [0.05, 0.1) is 6.54 Å². The molecule has 1 aromatic heterocycles. The van der Waals surface area contributed by atoms with Gasteiger partial charge in [0.2, 0.25) is 5.67 Å². The van der Waals surface area contributed by atoms with Gasteiger partial charge in [0.15, 0.2) is 5.16 Å². The van der Waals surface area contributed by atoms with E-state index in [-0.39, 0.29) is 13.0 Å². The van der Waals surface area contributed by atoms with Crippen LogP contribution in [0.4, 0.5) is 10.2 Å². The highest BCUT2D eigenvalue weighted by atomic mass is 32.2. The minimum absolute atomic E-state index is 0.0343. The van der Waals surface area contributed by atoms with Gasteiger partial charge in [0.25, 0.3) is 5.91 Å². The van der Waals surface area contributed by atoms with Gasteiger partial charge in [-0.05, 0) is 20.1 Å². The van der Waals surface area contributed by atoms with Crippen LogP contribution in [0.2, 0.25) is 0 Å². The summed E-state index contributed by atoms with van der Waals surface area (Å²) in [4.78, 5) is 21.7. The molecule has 1 aliphatic heterocycles. The van der Waals surface area contributed by atoms with Crippen LogP contribution in [-0.4, -0.2) is 40.9 Å². The number of nitrogens with two attached hydrogens (primary N) is 1. The molecule has 0 aliphatic carbocycles. The molecule has 7 heteroatoms. The molecule has 5 nitrogen and oxygen atoms in total. The molecule has 0 radical (unpaired) electrons. The molecular formula is C12H17FN4OS. The molecule has 2 N–H and O–H groups in total. The lowest BCUT2D eigenvalue weighted by Crippen LogP contribution is -2.42. The number of hydrogen-bond donors (Lipinski definition) is 1. The van der Waals surface area contributed by atoms with E-state index in [2.05, 4.69) is 9.97 Å². The van der Waals surface area contributed by atoms with Crippen LogP contribution in [0, 0.1) is 13.8 Å². The van der Waals surface area contributed by atoms with E-state index in [1.165, 1.54) is 11.8 Å². The summed E-state index contributed by atoms with van der Waals surface area (Å²) in [5, 5.41) is 0.647. The van der Waals surface area contributed by atoms with Gasteiger partial charge >= 0.3 is 0 Å². The van der Waals surface area contributed by atoms with Gasteiger partial charge in [-0.1, -0.05) is 11.8 Å². The van der Waals surface area contributed by atoms with Crippen molar-refractivity contribution in [3.63, 3.8) is 0 Å². The van der Waals surface area contributed by atoms with E-state index in [0.29, 0.717) is 17.5 Å². The van der Waals surface area contributed by atoms with Crippen molar-refractivity contribution in [2.24, 2.45) is 5.73 Å². The van der Waals surface area contributed by atoms with E-state index in [1.807, 2.05) is 20.1 Å². The minimum atomic E-state index is -1.95. The van der Waals surface area contributed by atoms with E-state index in [1.54, 1.807) is 4.90 Å². The summed E-state index contributed by atoms with van der Waals surface area (Å²) in [5.41, 5.74) is 4.94. The number of hydrogen-bond acceptors (Lipinski definition) is 5. The molecule has 0 saturated carbocycles. The van der Waals surface area contributed by atoms with E-state index in [9.17, 15) is 9.18 Å². The summed E-state index contributed by atoms with van der Waals surface area (Å²) < 4.78 is 14.2. The van der Waals surface area contributed by atoms with Crippen molar-refractivity contribution in [1.82, 2.24) is 9.97 Å². The number of rotatable bonds is 3. The second-order valence-electron chi connectivity index (χ2n) is 4.75. The number of primary amides is 1. The molecule has 1 fully saturated rings. The Hall–Kier alpha value is -1.37. The lowest BCUT2D eigenvalue weighted by Gasteiger charge is -2.21. The van der Waals surface area contributed by atoms with Crippen LogP contribution in [0.5, 0.6) is 0 Å². The van der Waals surface area contributed by atoms with Crippen LogP contribution in [0.25, 0.3) is 0 Å². The first-order chi connectivity index (χ1) is 8.87. The van der Waals surface area contributed by atoms with Gasteiger partial charge in [-0.15, -0.1) is 0 Å². The smallest absolute Gasteiger partial charge is 0.257 e. The minimum Gasteiger partial charge on any atom is -0.367 e. The van der Waals surface area contributed by atoms with Crippen molar-refractivity contribution in [1.29, 1.82) is 0 Å². The number of halogens is 1. The molecule has 104 valence electrons. The third-order valence-electron chi connectivity index (χ3n) is 3.49. The highest BCUT2D eigenvalue weighted by Gasteiger charge is 2.44. The highest BCUT2D eigenvalue weighted by molar-refractivity contribution is 7.98. The van der Waals surface area contributed by atoms with Crippen LogP contribution >= 0.6 is 11.8 Å². The number of aryl methyl sites for hydroxylation is 1. The Morgan fingerprint density at radius 2 is 2.16 bits per heavy atom. The first-order valence-corrected chi connectivity index (χ1v) is 7.23. The quantitative estimate of drug-likeness (QED) is 0.667. The summed E-state index contributed by atoms with van der Waals surface area (Å²) in [7, 11) is 0. The normalized spacial score (nSPS) is 22.8. The Kier molecular flexibility index (Phi) is 3.66. The lowest BCUT2D eigenvalue weighted by molar-refractivity contribution is -0.128. The fraction of sp³-hybridized carbons (Fsp3) is 0.583. The van der Waals surface area contributed by atoms with Crippen LogP contribution in [0.15, 0.2) is 5.16 Å². The second kappa shape index (κ2) is 4.96. The topological polar surface area (TPSA) is 72.1 Å². The molecule has 2 heterocycles. The average molecular weight is 284 g/mol. The number of alkyl halides is 1. The SMILES string of the molecule is CSc1nc(C)c(C)c(N2CCC(F)(C(N)=O)C2)n1. The van der Waals surface area contributed by atoms with Crippen molar-refractivity contribution < 1.29 is 9.18 Å². The maximum absolute atomic E-state index is 14.2. The lowest BCUT2D eigenvalue weighted by atomic mass is 10.1.